The highest BCUT2D eigenvalue weighted by atomic mass is 16.2. The van der Waals surface area contributed by atoms with Crippen LogP contribution < -0.4 is 10.2 Å². The van der Waals surface area contributed by atoms with E-state index in [1.165, 1.54) is 11.1 Å². The molecule has 1 heterocycles. The Morgan fingerprint density at radius 2 is 1.92 bits per heavy atom. The summed E-state index contributed by atoms with van der Waals surface area (Å²) in [6.07, 6.45) is 1.46. The molecule has 1 N–H and O–H groups in total. The summed E-state index contributed by atoms with van der Waals surface area (Å²) >= 11 is 0. The SMILES string of the molecule is Cc1ccc([C@@H](C)NC(=O)c2cccc(N3CCCC3=O)c2)cc1C. The normalized spacial score (nSPS) is 15.3. The van der Waals surface area contributed by atoms with E-state index in [0.717, 1.165) is 24.2 Å². The van der Waals surface area contributed by atoms with Crippen molar-refractivity contribution in [3.8, 4) is 0 Å². The number of nitrogens with one attached hydrogen (secondary N) is 1. The smallest absolute Gasteiger partial charge is 0.251 e. The van der Waals surface area contributed by atoms with Crippen LogP contribution in [0.2, 0.25) is 0 Å². The van der Waals surface area contributed by atoms with E-state index < -0.39 is 0 Å². The standard InChI is InChI=1S/C21H24N2O2/c1-14-9-10-17(12-15(14)2)16(3)22-21(25)18-6-4-7-19(13-18)23-11-5-8-20(23)24/h4,6-7,9-10,12-13,16H,5,8,11H2,1-3H3,(H,22,25)/t16-/m1/s1. The summed E-state index contributed by atoms with van der Waals surface area (Å²) in [5.41, 5.74) is 4.92. The zero-order chi connectivity index (χ0) is 18.0. The minimum absolute atomic E-state index is 0.0797. The minimum atomic E-state index is -0.126. The van der Waals surface area contributed by atoms with Gasteiger partial charge in [0.15, 0.2) is 0 Å². The molecule has 25 heavy (non-hydrogen) atoms. The largest absolute Gasteiger partial charge is 0.346 e. The van der Waals surface area contributed by atoms with Gasteiger partial charge in [-0.25, -0.2) is 0 Å². The molecular formula is C21H24N2O2. The van der Waals surface area contributed by atoms with Crippen molar-refractivity contribution in [1.82, 2.24) is 5.32 Å². The number of carbonyl (C=O) groups excluding carboxylic acids is 2. The Morgan fingerprint density at radius 1 is 1.12 bits per heavy atom. The average molecular weight is 336 g/mol. The van der Waals surface area contributed by atoms with Crippen LogP contribution >= 0.6 is 0 Å². The molecule has 0 unspecified atom stereocenters. The second-order valence-electron chi connectivity index (χ2n) is 6.74. The van der Waals surface area contributed by atoms with Crippen LogP contribution in [0, 0.1) is 13.8 Å². The third kappa shape index (κ3) is 3.73. The van der Waals surface area contributed by atoms with Gasteiger partial charge in [-0.2, -0.15) is 0 Å². The fourth-order valence-corrected chi connectivity index (χ4v) is 3.13. The maximum absolute atomic E-state index is 12.6. The Labute approximate surface area is 148 Å². The van der Waals surface area contributed by atoms with Crippen LogP contribution in [0.25, 0.3) is 0 Å². The molecule has 4 nitrogen and oxygen atoms in total. The monoisotopic (exact) mass is 336 g/mol. The second kappa shape index (κ2) is 7.09. The summed E-state index contributed by atoms with van der Waals surface area (Å²) in [6.45, 7) is 6.86. The van der Waals surface area contributed by atoms with Crippen LogP contribution in [-0.4, -0.2) is 18.4 Å². The fraction of sp³-hybridized carbons (Fsp3) is 0.333. The molecule has 130 valence electrons. The summed E-state index contributed by atoms with van der Waals surface area (Å²) in [5.74, 6) is 0.000260. The zero-order valence-corrected chi connectivity index (χ0v) is 15.0. The van der Waals surface area contributed by atoms with Gasteiger partial charge in [0.25, 0.3) is 5.91 Å². The van der Waals surface area contributed by atoms with Gasteiger partial charge in [-0.1, -0.05) is 24.3 Å². The number of amides is 2. The van der Waals surface area contributed by atoms with Crippen molar-refractivity contribution in [1.29, 1.82) is 0 Å². The Hall–Kier alpha value is -2.62. The van der Waals surface area contributed by atoms with Gasteiger partial charge in [-0.05, 0) is 62.1 Å². The number of aryl methyl sites for hydroxylation is 2. The number of rotatable bonds is 4. The van der Waals surface area contributed by atoms with Crippen LogP contribution in [0.1, 0.15) is 52.9 Å². The number of hydrogen-bond acceptors (Lipinski definition) is 2. The van der Waals surface area contributed by atoms with Gasteiger partial charge in [0, 0.05) is 24.2 Å². The molecule has 2 aromatic rings. The van der Waals surface area contributed by atoms with Crippen molar-refractivity contribution >= 4 is 17.5 Å². The number of benzene rings is 2. The van der Waals surface area contributed by atoms with Crippen LogP contribution in [0.5, 0.6) is 0 Å². The highest BCUT2D eigenvalue weighted by molar-refractivity contribution is 5.99. The lowest BCUT2D eigenvalue weighted by atomic mass is 10.0. The minimum Gasteiger partial charge on any atom is -0.346 e. The van der Waals surface area contributed by atoms with E-state index in [0.29, 0.717) is 12.0 Å². The molecule has 0 bridgehead atoms. The van der Waals surface area contributed by atoms with Crippen molar-refractivity contribution in [3.05, 3.63) is 64.7 Å². The van der Waals surface area contributed by atoms with E-state index in [9.17, 15) is 9.59 Å². The molecule has 1 aliphatic rings. The Balaban J connectivity index is 1.74. The molecule has 0 spiro atoms. The maximum Gasteiger partial charge on any atom is 0.251 e. The quantitative estimate of drug-likeness (QED) is 0.920. The molecule has 0 saturated carbocycles. The van der Waals surface area contributed by atoms with Gasteiger partial charge in [0.05, 0.1) is 6.04 Å². The van der Waals surface area contributed by atoms with Crippen molar-refractivity contribution in [2.24, 2.45) is 0 Å². The zero-order valence-electron chi connectivity index (χ0n) is 15.0. The van der Waals surface area contributed by atoms with E-state index in [4.69, 9.17) is 0 Å². The molecule has 1 aliphatic heterocycles. The summed E-state index contributed by atoms with van der Waals surface area (Å²) in [7, 11) is 0. The molecule has 2 amide bonds. The molecule has 1 atom stereocenters. The molecule has 2 aromatic carbocycles. The van der Waals surface area contributed by atoms with E-state index in [1.807, 2.05) is 25.1 Å². The van der Waals surface area contributed by atoms with Gasteiger partial charge < -0.3 is 10.2 Å². The highest BCUT2D eigenvalue weighted by Crippen LogP contribution is 2.23. The van der Waals surface area contributed by atoms with Crippen molar-refractivity contribution in [2.75, 3.05) is 11.4 Å². The summed E-state index contributed by atoms with van der Waals surface area (Å²) in [5, 5.41) is 3.05. The number of hydrogen-bond donors (Lipinski definition) is 1. The van der Waals surface area contributed by atoms with Gasteiger partial charge in [0.1, 0.15) is 0 Å². The van der Waals surface area contributed by atoms with Crippen LogP contribution in [0.3, 0.4) is 0 Å². The lowest BCUT2D eigenvalue weighted by Gasteiger charge is -2.18. The predicted octanol–water partition coefficient (Wildman–Crippen LogP) is 3.92. The fourth-order valence-electron chi connectivity index (χ4n) is 3.13. The number of carbonyl (C=O) groups is 2. The van der Waals surface area contributed by atoms with Crippen LogP contribution in [-0.2, 0) is 4.79 Å². The Morgan fingerprint density at radius 3 is 2.60 bits per heavy atom. The maximum atomic E-state index is 12.6. The second-order valence-corrected chi connectivity index (χ2v) is 6.74. The van der Waals surface area contributed by atoms with E-state index in [2.05, 4.69) is 31.3 Å². The highest BCUT2D eigenvalue weighted by Gasteiger charge is 2.22. The molecule has 1 fully saturated rings. The summed E-state index contributed by atoms with van der Waals surface area (Å²) < 4.78 is 0. The van der Waals surface area contributed by atoms with E-state index >= 15 is 0 Å². The third-order valence-electron chi connectivity index (χ3n) is 4.87. The van der Waals surface area contributed by atoms with E-state index in [1.54, 1.807) is 17.0 Å². The molecule has 1 saturated heterocycles. The molecule has 0 radical (unpaired) electrons. The van der Waals surface area contributed by atoms with Gasteiger partial charge in [0.2, 0.25) is 5.91 Å². The lowest BCUT2D eigenvalue weighted by molar-refractivity contribution is -0.117. The first kappa shape index (κ1) is 17.2. The van der Waals surface area contributed by atoms with Crippen molar-refractivity contribution in [2.45, 2.75) is 39.7 Å². The number of nitrogens with zero attached hydrogens (tertiary/aromatic N) is 1. The Bertz CT molecular complexity index is 813. The third-order valence-corrected chi connectivity index (χ3v) is 4.87. The summed E-state index contributed by atoms with van der Waals surface area (Å²) in [6, 6.07) is 13.4. The Kier molecular flexibility index (Phi) is 4.88. The van der Waals surface area contributed by atoms with E-state index in [-0.39, 0.29) is 17.9 Å². The van der Waals surface area contributed by atoms with Gasteiger partial charge in [-0.3, -0.25) is 9.59 Å². The average Bonchev–Trinajstić information content (AvgIpc) is 3.03. The van der Waals surface area contributed by atoms with Crippen LogP contribution in [0.15, 0.2) is 42.5 Å². The predicted molar refractivity (Wildman–Crippen MR) is 99.8 cm³/mol. The van der Waals surface area contributed by atoms with Crippen molar-refractivity contribution < 1.29 is 9.59 Å². The van der Waals surface area contributed by atoms with Crippen molar-refractivity contribution in [3.63, 3.8) is 0 Å². The van der Waals surface area contributed by atoms with Crippen LogP contribution in [0.4, 0.5) is 5.69 Å². The molecule has 3 rings (SSSR count). The molecule has 0 aliphatic carbocycles. The first-order chi connectivity index (χ1) is 12.0. The first-order valence-corrected chi connectivity index (χ1v) is 8.74. The molecular weight excluding hydrogens is 312 g/mol. The first-order valence-electron chi connectivity index (χ1n) is 8.74. The lowest BCUT2D eigenvalue weighted by Crippen LogP contribution is -2.28. The van der Waals surface area contributed by atoms with Gasteiger partial charge in [-0.15, -0.1) is 0 Å². The van der Waals surface area contributed by atoms with Gasteiger partial charge >= 0.3 is 0 Å². The topological polar surface area (TPSA) is 49.4 Å². The molecule has 4 heteroatoms. The molecule has 0 aromatic heterocycles. The number of anilines is 1. The summed E-state index contributed by atoms with van der Waals surface area (Å²) in [4.78, 5) is 26.3.